The van der Waals surface area contributed by atoms with Crippen molar-refractivity contribution in [2.75, 3.05) is 13.1 Å². The van der Waals surface area contributed by atoms with Gasteiger partial charge in [0.25, 0.3) is 0 Å². The lowest BCUT2D eigenvalue weighted by Crippen LogP contribution is -2.37. The van der Waals surface area contributed by atoms with Gasteiger partial charge in [0.2, 0.25) is 0 Å². The van der Waals surface area contributed by atoms with Gasteiger partial charge in [0.15, 0.2) is 0 Å². The molecular formula is C37H50N6O5S2. The highest BCUT2D eigenvalue weighted by atomic mass is 32.1. The molecule has 50 heavy (non-hydrogen) atoms. The Morgan fingerprint density at radius 2 is 1.48 bits per heavy atom. The first-order valence-corrected chi connectivity index (χ1v) is 16.1. The number of imidazole rings is 2. The summed E-state index contributed by atoms with van der Waals surface area (Å²) in [5.41, 5.74) is 3.89. The third-order valence-electron chi connectivity index (χ3n) is 8.06. The molecule has 4 aromatic rings. The first kappa shape index (κ1) is 40.3. The summed E-state index contributed by atoms with van der Waals surface area (Å²) in [5, 5.41) is 10.3. The topological polar surface area (TPSA) is 137 Å². The predicted molar refractivity (Wildman–Crippen MR) is 205 cm³/mol. The van der Waals surface area contributed by atoms with E-state index in [1.165, 1.54) is 4.90 Å². The molecule has 13 heteroatoms. The minimum absolute atomic E-state index is 0. The number of H-pyrrole nitrogens is 2. The van der Waals surface area contributed by atoms with Crippen molar-refractivity contribution in [2.24, 2.45) is 0 Å². The maximum atomic E-state index is 12.8. The Morgan fingerprint density at radius 1 is 0.860 bits per heavy atom. The Morgan fingerprint density at radius 3 is 2.14 bits per heavy atom. The number of amides is 2. The molecule has 3 atom stereocenters. The zero-order valence-corrected chi connectivity index (χ0v) is 30.8. The molecule has 2 fully saturated rings. The summed E-state index contributed by atoms with van der Waals surface area (Å²) < 4.78 is 11.2. The molecule has 0 radical (unpaired) electrons. The van der Waals surface area contributed by atoms with Crippen LogP contribution in [-0.4, -0.2) is 77.4 Å². The molecule has 0 bridgehead atoms. The molecule has 270 valence electrons. The average molecular weight is 723 g/mol. The minimum Gasteiger partial charge on any atom is -0.444 e. The number of β-amino-alcohol motifs (C(OH)–C–C–N with tert-alkyl or cyclic N) is 1. The van der Waals surface area contributed by atoms with Crippen LogP contribution < -0.4 is 0 Å². The van der Waals surface area contributed by atoms with Crippen molar-refractivity contribution in [3.05, 3.63) is 71.4 Å². The number of benzene rings is 2. The van der Waals surface area contributed by atoms with Crippen LogP contribution in [0.2, 0.25) is 0 Å². The molecule has 2 aromatic heterocycles. The lowest BCUT2D eigenvalue weighted by Gasteiger charge is -2.27. The lowest BCUT2D eigenvalue weighted by molar-refractivity contribution is 0.0197. The number of nitrogens with one attached hydrogen (secondary N) is 2. The Kier molecular flexibility index (Phi) is 12.8. The second-order valence-electron chi connectivity index (χ2n) is 14.2. The number of aromatic nitrogens is 4. The smallest absolute Gasteiger partial charge is 0.411 e. The first-order chi connectivity index (χ1) is 22.2. The van der Waals surface area contributed by atoms with E-state index in [1.807, 2.05) is 84.0 Å². The van der Waals surface area contributed by atoms with Gasteiger partial charge in [0.1, 0.15) is 22.9 Å². The monoisotopic (exact) mass is 722 g/mol. The van der Waals surface area contributed by atoms with Gasteiger partial charge in [-0.2, -0.15) is 27.0 Å². The van der Waals surface area contributed by atoms with Crippen molar-refractivity contribution < 1.29 is 24.2 Å². The van der Waals surface area contributed by atoms with Crippen molar-refractivity contribution in [1.29, 1.82) is 0 Å². The van der Waals surface area contributed by atoms with Gasteiger partial charge in [-0.3, -0.25) is 9.80 Å². The van der Waals surface area contributed by atoms with Gasteiger partial charge < -0.3 is 24.5 Å². The fraction of sp³-hybridized carbons (Fsp3) is 0.459. The number of aliphatic hydroxyl groups excluding tert-OH is 1. The van der Waals surface area contributed by atoms with Crippen molar-refractivity contribution in [3.63, 3.8) is 0 Å². The minimum atomic E-state index is -0.648. The molecule has 0 aliphatic carbocycles. The van der Waals surface area contributed by atoms with Gasteiger partial charge in [-0.05, 0) is 90.3 Å². The lowest BCUT2D eigenvalue weighted by atomic mass is 10.1. The predicted octanol–water partition coefficient (Wildman–Crippen LogP) is 7.33. The van der Waals surface area contributed by atoms with Crippen LogP contribution in [0, 0.1) is 11.8 Å². The molecule has 4 heterocycles. The van der Waals surface area contributed by atoms with E-state index in [1.54, 1.807) is 11.1 Å². The van der Waals surface area contributed by atoms with Crippen LogP contribution in [0.25, 0.3) is 22.3 Å². The highest BCUT2D eigenvalue weighted by Gasteiger charge is 2.39. The zero-order valence-electron chi connectivity index (χ0n) is 28.8. The van der Waals surface area contributed by atoms with Gasteiger partial charge in [-0.15, -0.1) is 0 Å². The van der Waals surface area contributed by atoms with E-state index >= 15 is 0 Å². The van der Waals surface area contributed by atoms with Crippen molar-refractivity contribution in [3.8, 4) is 23.1 Å². The van der Waals surface area contributed by atoms with Crippen LogP contribution in [0.4, 0.5) is 9.59 Å². The molecule has 0 spiro atoms. The Hall–Kier alpha value is -4.12. The molecule has 2 aliphatic rings. The number of nitrogens with zero attached hydrogens (tertiary/aromatic N) is 4. The molecule has 0 unspecified atom stereocenters. The van der Waals surface area contributed by atoms with Crippen molar-refractivity contribution in [2.45, 2.75) is 97.6 Å². The van der Waals surface area contributed by atoms with E-state index < -0.39 is 29.4 Å². The van der Waals surface area contributed by atoms with Crippen LogP contribution in [-0.2, 0) is 9.47 Å². The van der Waals surface area contributed by atoms with Crippen LogP contribution in [0.5, 0.6) is 0 Å². The van der Waals surface area contributed by atoms with Gasteiger partial charge >= 0.3 is 12.2 Å². The normalized spacial score (nSPS) is 18.7. The van der Waals surface area contributed by atoms with Crippen LogP contribution in [0.1, 0.15) is 103 Å². The van der Waals surface area contributed by atoms with Crippen LogP contribution >= 0.6 is 27.0 Å². The van der Waals surface area contributed by atoms with E-state index in [-0.39, 0.29) is 53.1 Å². The largest absolute Gasteiger partial charge is 0.444 e. The molecule has 3 N–H and O–H groups in total. The summed E-state index contributed by atoms with van der Waals surface area (Å²) in [4.78, 5) is 44.9. The van der Waals surface area contributed by atoms with Gasteiger partial charge in [-0.1, -0.05) is 31.4 Å². The second kappa shape index (κ2) is 15.8. The molecule has 6 rings (SSSR count). The maximum absolute atomic E-state index is 12.8. The van der Waals surface area contributed by atoms with Gasteiger partial charge in [-0.25, -0.2) is 19.6 Å². The number of carbonyl (C=O) groups is 2. The summed E-state index contributed by atoms with van der Waals surface area (Å²) in [5.74, 6) is 7.83. The first-order valence-electron chi connectivity index (χ1n) is 16.1. The number of rotatable bonds is 3. The summed E-state index contributed by atoms with van der Waals surface area (Å²) in [6.07, 6.45) is 2.49. The highest BCUT2D eigenvalue weighted by Crippen LogP contribution is 2.34. The fourth-order valence-electron chi connectivity index (χ4n) is 5.98. The summed E-state index contributed by atoms with van der Waals surface area (Å²) >= 11 is 0. The Labute approximate surface area is 308 Å². The molecule has 2 saturated heterocycles. The van der Waals surface area contributed by atoms with Gasteiger partial charge in [0.05, 0.1) is 47.7 Å². The van der Waals surface area contributed by atoms with Crippen molar-refractivity contribution >= 4 is 50.2 Å². The third kappa shape index (κ3) is 9.35. The van der Waals surface area contributed by atoms with E-state index in [9.17, 15) is 14.7 Å². The highest BCUT2D eigenvalue weighted by molar-refractivity contribution is 7.59. The fourth-order valence-corrected chi connectivity index (χ4v) is 5.98. The van der Waals surface area contributed by atoms with Crippen LogP contribution in [0.3, 0.4) is 0 Å². The number of aliphatic hydroxyl groups is 1. The number of aromatic amines is 2. The SMILES string of the molecule is C.CC(C)(C)OC(=O)N1CCC[C@H]1c1ncc(-c2ccc(C#Cc3ccc4nc([C@@H]5C[C@@H](O)CN5C(=O)OC(C)(C)C)[nH]c4c3)cc2)[nH]1.S.S. The van der Waals surface area contributed by atoms with E-state index in [0.29, 0.717) is 18.8 Å². The number of carbonyl (C=O) groups excluding carboxylic acids is 2. The number of hydrogen-bond acceptors (Lipinski definition) is 7. The summed E-state index contributed by atoms with van der Waals surface area (Å²) in [7, 11) is 0. The maximum Gasteiger partial charge on any atom is 0.411 e. The number of likely N-dealkylation sites (tertiary alicyclic amines) is 2. The molecule has 11 nitrogen and oxygen atoms in total. The van der Waals surface area contributed by atoms with E-state index in [0.717, 1.165) is 52.1 Å². The quantitative estimate of drug-likeness (QED) is 0.189. The van der Waals surface area contributed by atoms with Crippen molar-refractivity contribution in [1.82, 2.24) is 29.7 Å². The number of ether oxygens (including phenoxy) is 2. The molecule has 2 amide bonds. The van der Waals surface area contributed by atoms with E-state index in [2.05, 4.69) is 26.8 Å². The molecule has 2 aromatic carbocycles. The molecule has 0 saturated carbocycles. The standard InChI is InChI=1S/C36H42N6O5.CH4.2H2S/c1-35(2,3)46-33(44)41-17-7-8-29(41)31-37-20-28(40-31)24-14-11-22(12-15-24)9-10-23-13-16-26-27(18-23)39-32(38-26)30-19-25(43)21-42(30)34(45)47-36(4,5)6;;;/h11-16,18,20,25,29-30,43H,7-8,17,19,21H2,1-6H3,(H,37,40)(H,38,39);1H4;2*1H2/t25-,29+,30+;;;/m1.../s1. The van der Waals surface area contributed by atoms with Crippen LogP contribution in [0.15, 0.2) is 48.7 Å². The summed E-state index contributed by atoms with van der Waals surface area (Å²) in [6.45, 7) is 11.9. The number of fused-ring (bicyclic) bond motifs is 1. The van der Waals surface area contributed by atoms with Gasteiger partial charge in [0, 0.05) is 24.1 Å². The Bertz CT molecular complexity index is 1850. The second-order valence-corrected chi connectivity index (χ2v) is 14.2. The number of hydrogen-bond donors (Lipinski definition) is 3. The molecular weight excluding hydrogens is 673 g/mol. The zero-order chi connectivity index (χ0) is 33.5. The average Bonchev–Trinajstić information content (AvgIpc) is 3.79. The molecule has 2 aliphatic heterocycles. The summed E-state index contributed by atoms with van der Waals surface area (Å²) in [6, 6.07) is 13.1. The third-order valence-corrected chi connectivity index (χ3v) is 8.06. The van der Waals surface area contributed by atoms with E-state index in [4.69, 9.17) is 14.5 Å². The Balaban J connectivity index is 0.00000225.